The number of fused-ring (bicyclic) bond motifs is 1. The average Bonchev–Trinajstić information content (AvgIpc) is 3.70. The molecule has 0 aliphatic carbocycles. The molecule has 0 unspecified atom stereocenters. The number of hydrogen-bond donors (Lipinski definition) is 0. The third-order valence-electron chi connectivity index (χ3n) is 9.28. The summed E-state index contributed by atoms with van der Waals surface area (Å²) in [4.78, 5) is 0. The van der Waals surface area contributed by atoms with Gasteiger partial charge in [0.15, 0.2) is 0 Å². The first-order valence-electron chi connectivity index (χ1n) is 17.0. The van der Waals surface area contributed by atoms with Gasteiger partial charge in [-0.05, 0) is 57.7 Å². The molecule has 2 heterocycles. The van der Waals surface area contributed by atoms with Crippen molar-refractivity contribution >= 4 is 10.8 Å². The van der Waals surface area contributed by atoms with Crippen LogP contribution in [0.1, 0.15) is 112 Å². The van der Waals surface area contributed by atoms with Crippen molar-refractivity contribution in [1.82, 2.24) is 9.13 Å². The molecule has 2 aromatic heterocycles. The Morgan fingerprint density at radius 2 is 0.826 bits per heavy atom. The lowest BCUT2D eigenvalue weighted by Crippen LogP contribution is -2.31. The lowest BCUT2D eigenvalue weighted by Gasteiger charge is -2.16. The molecule has 236 valence electrons. The van der Waals surface area contributed by atoms with E-state index in [4.69, 9.17) is 0 Å². The highest BCUT2D eigenvalue weighted by Crippen LogP contribution is 2.32. The molecule has 0 aliphatic heterocycles. The van der Waals surface area contributed by atoms with E-state index in [2.05, 4.69) is 184 Å². The maximum atomic E-state index is 2.34. The summed E-state index contributed by atoms with van der Waals surface area (Å²) < 4.78 is 9.21. The van der Waals surface area contributed by atoms with Gasteiger partial charge in [-0.15, -0.1) is 0 Å². The van der Waals surface area contributed by atoms with E-state index < -0.39 is 0 Å². The first-order chi connectivity index (χ1) is 22.1. The van der Waals surface area contributed by atoms with Gasteiger partial charge in [0.25, 0.3) is 0 Å². The molecule has 4 aromatic carbocycles. The second kappa shape index (κ2) is 13.1. The number of aromatic nitrogens is 4. The van der Waals surface area contributed by atoms with Crippen molar-refractivity contribution in [3.63, 3.8) is 0 Å². The fourth-order valence-electron chi connectivity index (χ4n) is 6.82. The molecular formula is C42H50N4+2. The van der Waals surface area contributed by atoms with Crippen LogP contribution < -0.4 is 9.13 Å². The molecule has 6 aromatic rings. The smallest absolute Gasteiger partial charge is 0.232 e. The second-order valence-electron chi connectivity index (χ2n) is 14.2. The van der Waals surface area contributed by atoms with Crippen LogP contribution >= 0.6 is 0 Å². The van der Waals surface area contributed by atoms with E-state index in [1.54, 1.807) is 0 Å². The first-order valence-corrected chi connectivity index (χ1v) is 17.0. The van der Waals surface area contributed by atoms with Crippen molar-refractivity contribution < 1.29 is 9.13 Å². The standard InChI is InChI=1S/C42H50N4/c1-29(2)37-11-9-12-38(30(3)4)41(37)45-21-19-43(27-45)25-33-15-17-36-24-34(16-18-35(36)23-33)26-44-20-22-46(28-44)42-39(31(5)6)13-10-14-40(42)32(7)8/h9-24,27-32H,25-26H2,1-8H3/q+2. The van der Waals surface area contributed by atoms with E-state index in [0.717, 1.165) is 13.1 Å². The summed E-state index contributed by atoms with van der Waals surface area (Å²) in [6.45, 7) is 19.9. The first kappa shape index (κ1) is 31.5. The Kier molecular flexibility index (Phi) is 8.99. The number of para-hydroxylation sites is 2. The van der Waals surface area contributed by atoms with Crippen molar-refractivity contribution in [2.45, 2.75) is 92.2 Å². The molecule has 46 heavy (non-hydrogen) atoms. The van der Waals surface area contributed by atoms with Crippen LogP contribution in [0.2, 0.25) is 0 Å². The molecule has 0 fully saturated rings. The summed E-state index contributed by atoms with van der Waals surface area (Å²) in [5.74, 6) is 1.86. The van der Waals surface area contributed by atoms with Gasteiger partial charge in [0.05, 0.1) is 0 Å². The quantitative estimate of drug-likeness (QED) is 0.138. The van der Waals surface area contributed by atoms with Gasteiger partial charge in [-0.2, -0.15) is 0 Å². The summed E-state index contributed by atoms with van der Waals surface area (Å²) >= 11 is 0. The number of nitrogens with zero attached hydrogens (tertiary/aromatic N) is 4. The summed E-state index contributed by atoms with van der Waals surface area (Å²) in [6.07, 6.45) is 13.3. The van der Waals surface area contributed by atoms with Gasteiger partial charge >= 0.3 is 0 Å². The van der Waals surface area contributed by atoms with Crippen LogP contribution in [0.4, 0.5) is 0 Å². The van der Waals surface area contributed by atoms with E-state index in [1.165, 1.54) is 55.5 Å². The summed E-state index contributed by atoms with van der Waals surface area (Å²) in [5.41, 5.74) is 10.8. The molecule has 0 N–H and O–H groups in total. The number of hydrogen-bond acceptors (Lipinski definition) is 0. The Morgan fingerprint density at radius 3 is 1.15 bits per heavy atom. The normalized spacial score (nSPS) is 12.0. The summed E-state index contributed by atoms with van der Waals surface area (Å²) in [7, 11) is 0. The van der Waals surface area contributed by atoms with Gasteiger partial charge in [0.1, 0.15) is 49.3 Å². The van der Waals surface area contributed by atoms with Gasteiger partial charge in [-0.25, -0.2) is 18.3 Å². The third-order valence-corrected chi connectivity index (χ3v) is 9.28. The van der Waals surface area contributed by atoms with Gasteiger partial charge in [-0.1, -0.05) is 116 Å². The summed E-state index contributed by atoms with van der Waals surface area (Å²) in [5, 5.41) is 2.56. The maximum absolute atomic E-state index is 2.34. The van der Waals surface area contributed by atoms with Gasteiger partial charge in [0, 0.05) is 22.3 Å². The lowest BCUT2D eigenvalue weighted by molar-refractivity contribution is -0.687. The van der Waals surface area contributed by atoms with Crippen LogP contribution in [0.25, 0.3) is 22.1 Å². The highest BCUT2D eigenvalue weighted by Gasteiger charge is 2.21. The largest absolute Gasteiger partial charge is 0.249 e. The predicted octanol–water partition coefficient (Wildman–Crippen LogP) is 9.59. The molecule has 0 spiro atoms. The summed E-state index contributed by atoms with van der Waals surface area (Å²) in [6, 6.07) is 27.3. The van der Waals surface area contributed by atoms with Gasteiger partial charge in [-0.3, -0.25) is 0 Å². The minimum Gasteiger partial charge on any atom is -0.232 e. The van der Waals surface area contributed by atoms with Crippen LogP contribution in [0, 0.1) is 0 Å². The molecule has 4 nitrogen and oxygen atoms in total. The highest BCUT2D eigenvalue weighted by atomic mass is 15.1. The minimum atomic E-state index is 0.465. The molecule has 0 radical (unpaired) electrons. The fourth-order valence-corrected chi connectivity index (χ4v) is 6.82. The van der Waals surface area contributed by atoms with Gasteiger partial charge in [0.2, 0.25) is 12.7 Å². The third kappa shape index (κ3) is 6.44. The van der Waals surface area contributed by atoms with Crippen LogP contribution in [-0.2, 0) is 13.1 Å². The van der Waals surface area contributed by atoms with Crippen LogP contribution in [0.5, 0.6) is 0 Å². The zero-order valence-electron chi connectivity index (χ0n) is 28.9. The molecular weight excluding hydrogens is 560 g/mol. The Hall–Kier alpha value is -4.44. The van der Waals surface area contributed by atoms with Crippen molar-refractivity contribution in [3.8, 4) is 11.4 Å². The molecule has 0 bridgehead atoms. The maximum Gasteiger partial charge on any atom is 0.249 e. The fraction of sp³-hybridized carbons (Fsp3) is 0.333. The molecule has 4 heteroatoms. The number of rotatable bonds is 10. The lowest BCUT2D eigenvalue weighted by atomic mass is 9.92. The molecule has 0 amide bonds. The predicted molar refractivity (Wildman–Crippen MR) is 190 cm³/mol. The van der Waals surface area contributed by atoms with Crippen molar-refractivity contribution in [1.29, 1.82) is 0 Å². The van der Waals surface area contributed by atoms with E-state index in [1.807, 2.05) is 0 Å². The van der Waals surface area contributed by atoms with Gasteiger partial charge < -0.3 is 0 Å². The highest BCUT2D eigenvalue weighted by molar-refractivity contribution is 5.83. The molecule has 0 aliphatic rings. The molecule has 6 rings (SSSR count). The van der Waals surface area contributed by atoms with Crippen LogP contribution in [0.15, 0.2) is 110 Å². The van der Waals surface area contributed by atoms with E-state index in [9.17, 15) is 0 Å². The average molecular weight is 611 g/mol. The topological polar surface area (TPSA) is 17.6 Å². The van der Waals surface area contributed by atoms with Crippen molar-refractivity contribution in [2.75, 3.05) is 0 Å². The second-order valence-corrected chi connectivity index (χ2v) is 14.2. The number of benzene rings is 4. The van der Waals surface area contributed by atoms with E-state index >= 15 is 0 Å². The van der Waals surface area contributed by atoms with Crippen molar-refractivity contribution in [2.24, 2.45) is 0 Å². The zero-order valence-corrected chi connectivity index (χ0v) is 28.9. The SMILES string of the molecule is CC(C)c1cccc(C(C)C)c1-n1cc[n+](Cc2ccc3cc(C[n+]4ccn(-c5c(C(C)C)cccc5C(C)C)c4)ccc3c2)c1. The molecule has 0 saturated heterocycles. The van der Waals surface area contributed by atoms with E-state index in [-0.39, 0.29) is 0 Å². The zero-order chi connectivity index (χ0) is 32.5. The monoisotopic (exact) mass is 610 g/mol. The Labute approximate surface area is 275 Å². The molecule has 0 saturated carbocycles. The van der Waals surface area contributed by atoms with Crippen molar-refractivity contribution in [3.05, 3.63) is 144 Å². The van der Waals surface area contributed by atoms with E-state index in [0.29, 0.717) is 23.7 Å². The van der Waals surface area contributed by atoms with Crippen LogP contribution in [-0.4, -0.2) is 9.13 Å². The Balaban J connectivity index is 1.21. The van der Waals surface area contributed by atoms with Crippen LogP contribution in [0.3, 0.4) is 0 Å². The minimum absolute atomic E-state index is 0.465. The number of imidazole rings is 2. The Bertz CT molecular complexity index is 1770. The molecule has 0 atom stereocenters. The Morgan fingerprint density at radius 1 is 0.478 bits per heavy atom.